The lowest BCUT2D eigenvalue weighted by Gasteiger charge is -2.29. The molecular formula is C10H10BrClF3N. The molecule has 1 nitrogen and oxygen atoms in total. The van der Waals surface area contributed by atoms with Crippen molar-refractivity contribution in [1.82, 2.24) is 5.32 Å². The van der Waals surface area contributed by atoms with Gasteiger partial charge < -0.3 is 5.32 Å². The van der Waals surface area contributed by atoms with Crippen molar-refractivity contribution >= 4 is 28.3 Å². The van der Waals surface area contributed by atoms with Gasteiger partial charge in [-0.15, -0.1) is 12.4 Å². The predicted molar refractivity (Wildman–Crippen MR) is 61.8 cm³/mol. The van der Waals surface area contributed by atoms with Crippen LogP contribution in [0.15, 0.2) is 22.7 Å². The quantitative estimate of drug-likeness (QED) is 0.828. The van der Waals surface area contributed by atoms with Crippen LogP contribution in [0.5, 0.6) is 0 Å². The Bertz CT molecular complexity index is 377. The van der Waals surface area contributed by atoms with Crippen LogP contribution in [0.4, 0.5) is 13.2 Å². The summed E-state index contributed by atoms with van der Waals surface area (Å²) < 4.78 is 38.1. The molecule has 1 saturated heterocycles. The first-order valence-corrected chi connectivity index (χ1v) is 5.38. The molecule has 90 valence electrons. The molecule has 0 amide bonds. The van der Waals surface area contributed by atoms with Crippen molar-refractivity contribution in [2.45, 2.75) is 18.6 Å². The highest BCUT2D eigenvalue weighted by Crippen LogP contribution is 2.36. The van der Waals surface area contributed by atoms with E-state index in [4.69, 9.17) is 0 Å². The Hall–Kier alpha value is -0.260. The molecule has 1 heterocycles. The molecule has 0 spiro atoms. The maximum absolute atomic E-state index is 12.4. The Morgan fingerprint density at radius 3 is 2.38 bits per heavy atom. The summed E-state index contributed by atoms with van der Waals surface area (Å²) in [7, 11) is 0. The molecule has 0 aromatic heterocycles. The molecule has 0 saturated carbocycles. The summed E-state index contributed by atoms with van der Waals surface area (Å²) >= 11 is 3.27. The largest absolute Gasteiger partial charge is 0.416 e. The fourth-order valence-corrected chi connectivity index (χ4v) is 2.06. The third kappa shape index (κ3) is 2.70. The SMILES string of the molecule is Cl.FC(F)(F)c1ccc(Br)c([C@@H]2CCN2)c1. The fraction of sp³-hybridized carbons (Fsp3) is 0.400. The van der Waals surface area contributed by atoms with Crippen LogP contribution in [0.1, 0.15) is 23.6 Å². The van der Waals surface area contributed by atoms with Crippen molar-refractivity contribution < 1.29 is 13.2 Å². The number of halogens is 5. The molecular weight excluding hydrogens is 306 g/mol. The van der Waals surface area contributed by atoms with E-state index < -0.39 is 11.7 Å². The summed E-state index contributed by atoms with van der Waals surface area (Å²) in [6.45, 7) is 0.868. The van der Waals surface area contributed by atoms with Gasteiger partial charge in [-0.1, -0.05) is 15.9 Å². The molecule has 0 radical (unpaired) electrons. The third-order valence-corrected chi connectivity index (χ3v) is 3.24. The van der Waals surface area contributed by atoms with Crippen molar-refractivity contribution in [1.29, 1.82) is 0 Å². The Morgan fingerprint density at radius 1 is 1.31 bits per heavy atom. The zero-order chi connectivity index (χ0) is 11.1. The van der Waals surface area contributed by atoms with Crippen molar-refractivity contribution in [2.75, 3.05) is 6.54 Å². The molecule has 1 aliphatic rings. The van der Waals surface area contributed by atoms with Crippen LogP contribution >= 0.6 is 28.3 Å². The number of rotatable bonds is 1. The van der Waals surface area contributed by atoms with Crippen molar-refractivity contribution in [2.24, 2.45) is 0 Å². The van der Waals surface area contributed by atoms with Gasteiger partial charge in [-0.2, -0.15) is 13.2 Å². The van der Waals surface area contributed by atoms with Gasteiger partial charge in [-0.3, -0.25) is 0 Å². The van der Waals surface area contributed by atoms with Crippen LogP contribution in [0, 0.1) is 0 Å². The van der Waals surface area contributed by atoms with E-state index in [-0.39, 0.29) is 18.4 Å². The lowest BCUT2D eigenvalue weighted by atomic mass is 9.96. The third-order valence-electron chi connectivity index (χ3n) is 2.52. The molecule has 1 aromatic carbocycles. The van der Waals surface area contributed by atoms with Gasteiger partial charge >= 0.3 is 6.18 Å². The van der Waals surface area contributed by atoms with Crippen LogP contribution in [0.2, 0.25) is 0 Å². The first-order valence-electron chi connectivity index (χ1n) is 4.58. The van der Waals surface area contributed by atoms with E-state index in [1.165, 1.54) is 12.1 Å². The van der Waals surface area contributed by atoms with E-state index >= 15 is 0 Å². The maximum Gasteiger partial charge on any atom is 0.416 e. The highest BCUT2D eigenvalue weighted by molar-refractivity contribution is 9.10. The van der Waals surface area contributed by atoms with Crippen LogP contribution in [-0.4, -0.2) is 6.54 Å². The fourth-order valence-electron chi connectivity index (χ4n) is 1.54. The monoisotopic (exact) mass is 315 g/mol. The van der Waals surface area contributed by atoms with E-state index in [2.05, 4.69) is 21.2 Å². The minimum atomic E-state index is -4.26. The van der Waals surface area contributed by atoms with Gasteiger partial charge in [0.2, 0.25) is 0 Å². The first-order chi connectivity index (χ1) is 6.98. The van der Waals surface area contributed by atoms with Gasteiger partial charge in [0.15, 0.2) is 0 Å². The molecule has 1 atom stereocenters. The van der Waals surface area contributed by atoms with Crippen LogP contribution < -0.4 is 5.32 Å². The van der Waals surface area contributed by atoms with Gasteiger partial charge in [0, 0.05) is 10.5 Å². The Balaban J connectivity index is 0.00000128. The number of alkyl halides is 3. The van der Waals surface area contributed by atoms with Gasteiger partial charge in [-0.25, -0.2) is 0 Å². The Labute approximate surface area is 106 Å². The molecule has 0 bridgehead atoms. The molecule has 2 rings (SSSR count). The number of nitrogens with one attached hydrogen (secondary N) is 1. The van der Waals surface area contributed by atoms with Gasteiger partial charge in [-0.05, 0) is 36.7 Å². The average molecular weight is 317 g/mol. The summed E-state index contributed by atoms with van der Waals surface area (Å²) in [4.78, 5) is 0. The predicted octanol–water partition coefficient (Wildman–Crippen LogP) is 3.92. The summed E-state index contributed by atoms with van der Waals surface area (Å²) in [6, 6.07) is 3.81. The molecule has 0 aliphatic carbocycles. The number of hydrogen-bond acceptors (Lipinski definition) is 1. The molecule has 1 aromatic rings. The maximum atomic E-state index is 12.4. The molecule has 0 unspecified atom stereocenters. The summed E-state index contributed by atoms with van der Waals surface area (Å²) in [5, 5.41) is 3.08. The zero-order valence-electron chi connectivity index (χ0n) is 8.14. The van der Waals surface area contributed by atoms with Gasteiger partial charge in [0.1, 0.15) is 0 Å². The molecule has 1 fully saturated rings. The highest BCUT2D eigenvalue weighted by Gasteiger charge is 2.32. The second kappa shape index (κ2) is 4.94. The second-order valence-corrected chi connectivity index (χ2v) is 4.38. The van der Waals surface area contributed by atoms with Gasteiger partial charge in [0.25, 0.3) is 0 Å². The minimum Gasteiger partial charge on any atom is -0.310 e. The second-order valence-electron chi connectivity index (χ2n) is 3.53. The lowest BCUT2D eigenvalue weighted by Crippen LogP contribution is -2.35. The molecule has 6 heteroatoms. The van der Waals surface area contributed by atoms with Crippen LogP contribution in [0.25, 0.3) is 0 Å². The van der Waals surface area contributed by atoms with E-state index in [0.717, 1.165) is 23.5 Å². The molecule has 1 aliphatic heterocycles. The summed E-state index contributed by atoms with van der Waals surface area (Å²) in [5.74, 6) is 0. The van der Waals surface area contributed by atoms with E-state index in [0.29, 0.717) is 5.56 Å². The summed E-state index contributed by atoms with van der Waals surface area (Å²) in [6.07, 6.45) is -3.38. The average Bonchev–Trinajstić information content (AvgIpc) is 2.03. The number of benzene rings is 1. The van der Waals surface area contributed by atoms with Crippen molar-refractivity contribution in [3.63, 3.8) is 0 Å². The van der Waals surface area contributed by atoms with E-state index in [1.807, 2.05) is 0 Å². The highest BCUT2D eigenvalue weighted by atomic mass is 79.9. The van der Waals surface area contributed by atoms with Gasteiger partial charge in [0.05, 0.1) is 5.56 Å². The van der Waals surface area contributed by atoms with E-state index in [1.54, 1.807) is 0 Å². The first kappa shape index (κ1) is 13.8. The number of hydrogen-bond donors (Lipinski definition) is 1. The van der Waals surface area contributed by atoms with E-state index in [9.17, 15) is 13.2 Å². The lowest BCUT2D eigenvalue weighted by molar-refractivity contribution is -0.137. The minimum absolute atomic E-state index is 0. The smallest absolute Gasteiger partial charge is 0.310 e. The van der Waals surface area contributed by atoms with Crippen LogP contribution in [0.3, 0.4) is 0 Å². The van der Waals surface area contributed by atoms with Crippen LogP contribution in [-0.2, 0) is 6.18 Å². The van der Waals surface area contributed by atoms with Crippen molar-refractivity contribution in [3.05, 3.63) is 33.8 Å². The Kier molecular flexibility index (Phi) is 4.26. The normalized spacial score (nSPS) is 19.9. The molecule has 16 heavy (non-hydrogen) atoms. The zero-order valence-corrected chi connectivity index (χ0v) is 10.5. The summed E-state index contributed by atoms with van der Waals surface area (Å²) in [5.41, 5.74) is 0.102. The Morgan fingerprint density at radius 2 is 1.94 bits per heavy atom. The molecule has 1 N–H and O–H groups in total. The standard InChI is InChI=1S/C10H9BrF3N.ClH/c11-8-2-1-6(10(12,13)14)5-7(8)9-3-4-15-9;/h1-2,5,9,15H,3-4H2;1H/t9-;/m0./s1. The topological polar surface area (TPSA) is 12.0 Å². The van der Waals surface area contributed by atoms with Crippen molar-refractivity contribution in [3.8, 4) is 0 Å².